The third kappa shape index (κ3) is 3.38. The number of amides is 1. The fourth-order valence-electron chi connectivity index (χ4n) is 1.82. The third-order valence-corrected chi connectivity index (χ3v) is 3.50. The highest BCUT2D eigenvalue weighted by molar-refractivity contribution is 9.10. The number of nitrogens with zero attached hydrogens (tertiary/aromatic N) is 2. The molecule has 7 nitrogen and oxygen atoms in total. The van der Waals surface area contributed by atoms with E-state index in [2.05, 4.69) is 31.4 Å². The van der Waals surface area contributed by atoms with Crippen LogP contribution in [0.5, 0.6) is 5.75 Å². The number of carbonyl (C=O) groups is 1. The summed E-state index contributed by atoms with van der Waals surface area (Å²) in [6.45, 7) is 0. The van der Waals surface area contributed by atoms with E-state index in [0.717, 1.165) is 0 Å². The van der Waals surface area contributed by atoms with Gasteiger partial charge in [-0.1, -0.05) is 16.7 Å². The molecular weight excluding hydrogens is 390 g/mol. The number of carbonyl (C=O) groups excluding carboxylic acids is 1. The lowest BCUT2D eigenvalue weighted by Crippen LogP contribution is -2.13. The molecule has 0 aliphatic carbocycles. The Balaban J connectivity index is 1.81. The van der Waals surface area contributed by atoms with Crippen LogP contribution in [0.1, 0.15) is 10.4 Å². The predicted octanol–water partition coefficient (Wildman–Crippen LogP) is 4.01. The SMILES string of the molecule is COc1ccc(Cl)cc1C(=O)Nc1nnc(-c2ccc(Br)o2)o1. The minimum absolute atomic E-state index is 0.0699. The lowest BCUT2D eigenvalue weighted by Gasteiger charge is -2.07. The molecular formula is C14H9BrClN3O4. The summed E-state index contributed by atoms with van der Waals surface area (Å²) >= 11 is 9.08. The first-order chi connectivity index (χ1) is 11.1. The van der Waals surface area contributed by atoms with E-state index < -0.39 is 5.91 Å². The van der Waals surface area contributed by atoms with Crippen molar-refractivity contribution < 1.29 is 18.4 Å². The molecule has 0 unspecified atom stereocenters. The number of ether oxygens (including phenoxy) is 1. The fourth-order valence-corrected chi connectivity index (χ4v) is 2.30. The zero-order valence-electron chi connectivity index (χ0n) is 11.7. The Labute approximate surface area is 143 Å². The van der Waals surface area contributed by atoms with E-state index in [1.807, 2.05) is 0 Å². The van der Waals surface area contributed by atoms with Gasteiger partial charge in [-0.2, -0.15) is 0 Å². The minimum atomic E-state index is -0.486. The number of hydrogen-bond donors (Lipinski definition) is 1. The quantitative estimate of drug-likeness (QED) is 0.714. The molecule has 9 heteroatoms. The summed E-state index contributed by atoms with van der Waals surface area (Å²) in [6.07, 6.45) is 0. The molecule has 0 aliphatic rings. The molecule has 0 aliphatic heterocycles. The summed E-state index contributed by atoms with van der Waals surface area (Å²) in [5, 5.41) is 10.4. The van der Waals surface area contributed by atoms with Gasteiger partial charge < -0.3 is 13.6 Å². The molecule has 118 valence electrons. The maximum atomic E-state index is 12.3. The Kier molecular flexibility index (Phi) is 4.35. The summed E-state index contributed by atoms with van der Waals surface area (Å²) in [5.41, 5.74) is 0.250. The Bertz CT molecular complexity index is 861. The second-order valence-electron chi connectivity index (χ2n) is 4.31. The molecule has 1 aromatic carbocycles. The van der Waals surface area contributed by atoms with Gasteiger partial charge in [0.1, 0.15) is 5.75 Å². The van der Waals surface area contributed by atoms with Gasteiger partial charge in [-0.15, -0.1) is 5.10 Å². The first-order valence-corrected chi connectivity index (χ1v) is 7.48. The molecule has 0 bridgehead atoms. The molecule has 0 spiro atoms. The van der Waals surface area contributed by atoms with E-state index in [1.54, 1.807) is 24.3 Å². The van der Waals surface area contributed by atoms with Crippen LogP contribution in [0.25, 0.3) is 11.7 Å². The maximum absolute atomic E-state index is 12.3. The Morgan fingerprint density at radius 1 is 1.26 bits per heavy atom. The second kappa shape index (κ2) is 6.43. The van der Waals surface area contributed by atoms with Crippen molar-refractivity contribution in [2.75, 3.05) is 12.4 Å². The van der Waals surface area contributed by atoms with Gasteiger partial charge in [0, 0.05) is 5.02 Å². The number of hydrogen-bond acceptors (Lipinski definition) is 6. The first-order valence-electron chi connectivity index (χ1n) is 6.31. The molecule has 1 N–H and O–H groups in total. The van der Waals surface area contributed by atoms with Crippen molar-refractivity contribution in [1.29, 1.82) is 0 Å². The highest BCUT2D eigenvalue weighted by Crippen LogP contribution is 2.26. The summed E-state index contributed by atoms with van der Waals surface area (Å²) in [7, 11) is 1.46. The number of aromatic nitrogens is 2. The van der Waals surface area contributed by atoms with Crippen molar-refractivity contribution in [2.45, 2.75) is 0 Å². The molecule has 0 saturated heterocycles. The monoisotopic (exact) mass is 397 g/mol. The molecule has 0 fully saturated rings. The Morgan fingerprint density at radius 3 is 2.78 bits per heavy atom. The molecule has 2 aromatic heterocycles. The zero-order chi connectivity index (χ0) is 16.4. The molecule has 0 atom stereocenters. The van der Waals surface area contributed by atoms with Crippen molar-refractivity contribution in [3.05, 3.63) is 45.6 Å². The van der Waals surface area contributed by atoms with Gasteiger partial charge >= 0.3 is 6.01 Å². The van der Waals surface area contributed by atoms with Gasteiger partial charge in [-0.05, 0) is 46.3 Å². The van der Waals surface area contributed by atoms with Crippen LogP contribution in [0.3, 0.4) is 0 Å². The van der Waals surface area contributed by atoms with E-state index >= 15 is 0 Å². The van der Waals surface area contributed by atoms with Crippen molar-refractivity contribution >= 4 is 39.5 Å². The lowest BCUT2D eigenvalue weighted by atomic mass is 10.2. The smallest absolute Gasteiger partial charge is 0.322 e. The standard InChI is InChI=1S/C14H9BrClN3O4/c1-21-9-3-2-7(16)6-8(9)12(20)17-14-19-18-13(23-14)10-4-5-11(15)22-10/h2-6H,1H3,(H,17,19,20). The molecule has 3 rings (SSSR count). The van der Waals surface area contributed by atoms with Crippen molar-refractivity contribution in [3.8, 4) is 17.4 Å². The van der Waals surface area contributed by atoms with Gasteiger partial charge in [0.2, 0.25) is 0 Å². The van der Waals surface area contributed by atoms with Crippen molar-refractivity contribution in [2.24, 2.45) is 0 Å². The molecule has 2 heterocycles. The molecule has 0 saturated carbocycles. The molecule has 3 aromatic rings. The van der Waals surface area contributed by atoms with Crippen LogP contribution in [0, 0.1) is 0 Å². The van der Waals surface area contributed by atoms with Gasteiger partial charge in [0.25, 0.3) is 11.8 Å². The average Bonchev–Trinajstić information content (AvgIpc) is 3.16. The van der Waals surface area contributed by atoms with Crippen LogP contribution < -0.4 is 10.1 Å². The van der Waals surface area contributed by atoms with E-state index in [1.165, 1.54) is 13.2 Å². The van der Waals surface area contributed by atoms with E-state index in [0.29, 0.717) is 21.2 Å². The highest BCUT2D eigenvalue weighted by Gasteiger charge is 2.17. The summed E-state index contributed by atoms with van der Waals surface area (Å²) in [6, 6.07) is 7.97. The normalized spacial score (nSPS) is 10.6. The van der Waals surface area contributed by atoms with Gasteiger partial charge in [0.05, 0.1) is 12.7 Å². The third-order valence-electron chi connectivity index (χ3n) is 2.84. The van der Waals surface area contributed by atoms with E-state index in [4.69, 9.17) is 25.2 Å². The Morgan fingerprint density at radius 2 is 2.09 bits per heavy atom. The largest absolute Gasteiger partial charge is 0.496 e. The van der Waals surface area contributed by atoms with Gasteiger partial charge in [0.15, 0.2) is 10.4 Å². The zero-order valence-corrected chi connectivity index (χ0v) is 14.0. The fraction of sp³-hybridized carbons (Fsp3) is 0.0714. The summed E-state index contributed by atoms with van der Waals surface area (Å²) < 4.78 is 16.3. The molecule has 23 heavy (non-hydrogen) atoms. The van der Waals surface area contributed by atoms with Gasteiger partial charge in [-0.25, -0.2) is 0 Å². The number of methoxy groups -OCH3 is 1. The first kappa shape index (κ1) is 15.6. The number of rotatable bonds is 4. The van der Waals surface area contributed by atoms with Gasteiger partial charge in [-0.3, -0.25) is 10.1 Å². The van der Waals surface area contributed by atoms with E-state index in [-0.39, 0.29) is 17.5 Å². The van der Waals surface area contributed by atoms with Crippen LogP contribution in [0.15, 0.2) is 43.8 Å². The topological polar surface area (TPSA) is 90.4 Å². The van der Waals surface area contributed by atoms with Crippen LogP contribution >= 0.6 is 27.5 Å². The maximum Gasteiger partial charge on any atom is 0.322 e. The van der Waals surface area contributed by atoms with Crippen molar-refractivity contribution in [3.63, 3.8) is 0 Å². The second-order valence-corrected chi connectivity index (χ2v) is 5.53. The number of halogens is 2. The highest BCUT2D eigenvalue weighted by atomic mass is 79.9. The average molecular weight is 399 g/mol. The number of furan rings is 1. The lowest BCUT2D eigenvalue weighted by molar-refractivity contribution is 0.102. The van der Waals surface area contributed by atoms with Crippen LogP contribution in [-0.4, -0.2) is 23.2 Å². The minimum Gasteiger partial charge on any atom is -0.496 e. The predicted molar refractivity (Wildman–Crippen MR) is 85.7 cm³/mol. The summed E-state index contributed by atoms with van der Waals surface area (Å²) in [4.78, 5) is 12.3. The van der Waals surface area contributed by atoms with Crippen LogP contribution in [0.2, 0.25) is 5.02 Å². The van der Waals surface area contributed by atoms with Crippen LogP contribution in [-0.2, 0) is 0 Å². The number of benzene rings is 1. The van der Waals surface area contributed by atoms with Crippen LogP contribution in [0.4, 0.5) is 6.01 Å². The number of nitrogens with one attached hydrogen (secondary N) is 1. The van der Waals surface area contributed by atoms with E-state index in [9.17, 15) is 4.79 Å². The number of anilines is 1. The summed E-state index contributed by atoms with van der Waals surface area (Å²) in [5.74, 6) is 0.413. The Hall–Kier alpha value is -2.32. The molecule has 0 radical (unpaired) electrons. The van der Waals surface area contributed by atoms with Crippen molar-refractivity contribution in [1.82, 2.24) is 10.2 Å². The molecule has 1 amide bonds.